The van der Waals surface area contributed by atoms with Crippen molar-refractivity contribution in [1.29, 1.82) is 0 Å². The van der Waals surface area contributed by atoms with Crippen LogP contribution < -0.4 is 11.5 Å². The highest BCUT2D eigenvalue weighted by atomic mass is 32.3. The second-order valence-corrected chi connectivity index (χ2v) is 16.6. The van der Waals surface area contributed by atoms with Gasteiger partial charge in [-0.1, -0.05) is 12.1 Å². The first-order valence-electron chi connectivity index (χ1n) is 15.5. The minimum Gasteiger partial charge on any atom is -0.478 e. The quantitative estimate of drug-likeness (QED) is 0.0301. The van der Waals surface area contributed by atoms with E-state index in [4.69, 9.17) is 28.9 Å². The minimum absolute atomic E-state index is 0.0360. The molecule has 0 aliphatic carbocycles. The number of carboxylic acids is 1. The zero-order valence-electron chi connectivity index (χ0n) is 29.2. The van der Waals surface area contributed by atoms with E-state index in [0.29, 0.717) is 0 Å². The van der Waals surface area contributed by atoms with Crippen molar-refractivity contribution < 1.29 is 74.0 Å². The van der Waals surface area contributed by atoms with Crippen LogP contribution >= 0.6 is 0 Å². The van der Waals surface area contributed by atoms with Crippen LogP contribution in [0.4, 0.5) is 45.5 Å². The molecule has 0 amide bonds. The Labute approximate surface area is 338 Å². The van der Waals surface area contributed by atoms with Crippen LogP contribution in [-0.4, -0.2) is 84.8 Å². The Morgan fingerprint density at radius 3 is 1.39 bits per heavy atom. The predicted molar refractivity (Wildman–Crippen MR) is 204 cm³/mol. The third kappa shape index (κ3) is 13.9. The van der Waals surface area contributed by atoms with Gasteiger partial charge in [0.25, 0.3) is 10.1 Å². The number of nitrogen functional groups attached to an aromatic ring is 2. The van der Waals surface area contributed by atoms with Gasteiger partial charge < -0.3 is 16.6 Å². The number of carboxylic acid groups (broad SMARTS) is 1. The fraction of sp³-hybridized carbons (Fsp3) is 0.138. The van der Waals surface area contributed by atoms with Gasteiger partial charge in [-0.15, -0.1) is 20.5 Å². The largest absolute Gasteiger partial charge is 0.478 e. The third-order valence-corrected chi connectivity index (χ3v) is 10.6. The lowest BCUT2D eigenvalue weighted by atomic mass is 10.1. The molecule has 25 nitrogen and oxygen atoms in total. The fourth-order valence-corrected chi connectivity index (χ4v) is 6.84. The summed E-state index contributed by atoms with van der Waals surface area (Å²) in [6, 6.07) is 15.1. The van der Waals surface area contributed by atoms with Gasteiger partial charge in [0.15, 0.2) is 22.2 Å². The van der Waals surface area contributed by atoms with Crippen LogP contribution in [0.3, 0.4) is 0 Å². The molecule has 4 aromatic carbocycles. The molecule has 0 saturated carbocycles. The van der Waals surface area contributed by atoms with Crippen molar-refractivity contribution >= 4 is 105 Å². The van der Waals surface area contributed by atoms with Crippen molar-refractivity contribution in [2.24, 2.45) is 30.7 Å². The molecule has 0 radical (unpaired) electrons. The number of anilines is 2. The highest BCUT2D eigenvalue weighted by molar-refractivity contribution is 7.86. The van der Waals surface area contributed by atoms with Crippen molar-refractivity contribution in [3.05, 3.63) is 78.4 Å². The van der Waals surface area contributed by atoms with E-state index in [-0.39, 0.29) is 21.2 Å². The molecule has 8 N–H and O–H groups in total. The van der Waals surface area contributed by atoms with Gasteiger partial charge in [0.05, 0.1) is 59.0 Å². The Hall–Kier alpha value is -5.38. The van der Waals surface area contributed by atoms with Crippen molar-refractivity contribution in [3.63, 3.8) is 0 Å². The first kappa shape index (κ1) is 46.3. The second kappa shape index (κ2) is 20.1. The van der Waals surface area contributed by atoms with Gasteiger partial charge in [-0.05, 0) is 60.7 Å². The van der Waals surface area contributed by atoms with E-state index in [2.05, 4.69) is 39.1 Å². The molecule has 0 aliphatic heterocycles. The Balaban J connectivity index is 1.72. The van der Waals surface area contributed by atoms with Crippen molar-refractivity contribution in [3.8, 4) is 0 Å². The topological polar surface area (TPSA) is 398 Å². The number of nitrogens with zero attached hydrogens (tertiary/aromatic N) is 6. The van der Waals surface area contributed by atoms with Crippen LogP contribution in [0.1, 0.15) is 10.4 Å². The molecule has 4 rings (SSSR count). The summed E-state index contributed by atoms with van der Waals surface area (Å²) < 4.78 is 136. The molecule has 0 saturated heterocycles. The average Bonchev–Trinajstić information content (AvgIpc) is 3.16. The number of rotatable bonds is 20. The summed E-state index contributed by atoms with van der Waals surface area (Å²) in [5, 5.41) is 34.0. The maximum absolute atomic E-state index is 12.7. The van der Waals surface area contributed by atoms with Gasteiger partial charge in [0.1, 0.15) is 33.2 Å². The van der Waals surface area contributed by atoms with Gasteiger partial charge in [0, 0.05) is 0 Å². The third-order valence-electron chi connectivity index (χ3n) is 6.71. The van der Waals surface area contributed by atoms with Gasteiger partial charge in [-0.2, -0.15) is 35.5 Å². The monoisotopic (exact) mass is 920 g/mol. The molecule has 0 aliphatic rings. The fourth-order valence-electron chi connectivity index (χ4n) is 4.23. The van der Waals surface area contributed by atoms with Gasteiger partial charge in [-0.3, -0.25) is 22.0 Å². The lowest BCUT2D eigenvalue weighted by Gasteiger charge is -2.13. The molecule has 2 atom stereocenters. The van der Waals surface area contributed by atoms with Crippen LogP contribution in [0, 0.1) is 0 Å². The van der Waals surface area contributed by atoms with E-state index in [0.717, 1.165) is 12.1 Å². The lowest BCUT2D eigenvalue weighted by molar-refractivity contribution is 0.0698. The number of benzene rings is 4. The van der Waals surface area contributed by atoms with E-state index < -0.39 is 130 Å². The number of hydrogen-bond donors (Lipinski definition) is 6. The standard InChI is InChI=1S/C29H28N8O17S5/c30-24-26(35-32-17-5-9-19(10-6-17)55(40)51-13-15-53-58(45,46)47)23(29(38)39)27(36-34-21-3-1-2-4-22(21)57(42,43)44)25(31)28(24)37-33-18-7-11-20(12-8-18)56(41)52-14-16-54-59(48,49)50/h1-12H,13-16,30-31H2,(H,38,39)(H,42,43,44)(H,45,46,47)(H,48,49,50). The first-order chi connectivity index (χ1) is 27.6. The van der Waals surface area contributed by atoms with Crippen molar-refractivity contribution in [2.45, 2.75) is 14.7 Å². The molecule has 0 heterocycles. The van der Waals surface area contributed by atoms with Crippen LogP contribution in [0.25, 0.3) is 0 Å². The highest BCUT2D eigenvalue weighted by Gasteiger charge is 2.27. The van der Waals surface area contributed by atoms with E-state index in [1.807, 2.05) is 0 Å². The zero-order valence-corrected chi connectivity index (χ0v) is 33.3. The van der Waals surface area contributed by atoms with E-state index >= 15 is 0 Å². The van der Waals surface area contributed by atoms with Crippen molar-refractivity contribution in [2.75, 3.05) is 37.9 Å². The molecule has 4 aromatic rings. The van der Waals surface area contributed by atoms with Gasteiger partial charge >= 0.3 is 26.8 Å². The summed E-state index contributed by atoms with van der Waals surface area (Å²) in [6.07, 6.45) is 0. The number of azo groups is 3. The van der Waals surface area contributed by atoms with Gasteiger partial charge in [0.2, 0.25) is 0 Å². The number of carbonyl (C=O) groups is 1. The Morgan fingerprint density at radius 2 is 0.983 bits per heavy atom. The molecule has 0 spiro atoms. The van der Waals surface area contributed by atoms with Crippen LogP contribution in [0.2, 0.25) is 0 Å². The maximum atomic E-state index is 12.7. The normalized spacial score (nSPS) is 13.7. The number of aromatic carboxylic acids is 1. The minimum atomic E-state index is -4.83. The summed E-state index contributed by atoms with van der Waals surface area (Å²) in [4.78, 5) is 12.2. The molecule has 0 fully saturated rings. The van der Waals surface area contributed by atoms with E-state index in [1.165, 1.54) is 60.7 Å². The highest BCUT2D eigenvalue weighted by Crippen LogP contribution is 2.49. The summed E-state index contributed by atoms with van der Waals surface area (Å²) in [5.41, 5.74) is 8.85. The summed E-state index contributed by atoms with van der Waals surface area (Å²) in [6.45, 7) is -2.21. The average molecular weight is 921 g/mol. The molecule has 316 valence electrons. The van der Waals surface area contributed by atoms with Gasteiger partial charge in [-0.25, -0.2) is 21.6 Å². The Morgan fingerprint density at radius 1 is 0.576 bits per heavy atom. The molecule has 0 bridgehead atoms. The maximum Gasteiger partial charge on any atom is 0.397 e. The number of hydrogen-bond acceptors (Lipinski definition) is 21. The molecular weight excluding hydrogens is 893 g/mol. The van der Waals surface area contributed by atoms with Crippen LogP contribution in [0.5, 0.6) is 0 Å². The lowest BCUT2D eigenvalue weighted by Crippen LogP contribution is -2.11. The first-order valence-corrected chi connectivity index (χ1v) is 21.8. The second-order valence-electron chi connectivity index (χ2n) is 10.7. The van der Waals surface area contributed by atoms with Crippen molar-refractivity contribution in [1.82, 2.24) is 0 Å². The molecule has 0 aromatic heterocycles. The summed E-state index contributed by atoms with van der Waals surface area (Å²) in [7, 11) is -14.3. The van der Waals surface area contributed by atoms with Crippen LogP contribution in [-0.2, 0) is 69.8 Å². The molecule has 2 unspecified atom stereocenters. The number of nitrogens with two attached hydrogens (primary N) is 2. The predicted octanol–water partition coefficient (Wildman–Crippen LogP) is 4.76. The summed E-state index contributed by atoms with van der Waals surface area (Å²) in [5.74, 6) is -1.71. The Kier molecular flexibility index (Phi) is 15.7. The van der Waals surface area contributed by atoms with Crippen LogP contribution in [0.15, 0.2) is 118 Å². The molecule has 30 heteroatoms. The van der Waals surface area contributed by atoms with E-state index in [9.17, 15) is 48.1 Å². The Bertz CT molecular complexity index is 2680. The smallest absolute Gasteiger partial charge is 0.397 e. The molecule has 59 heavy (non-hydrogen) atoms. The SMILES string of the molecule is Nc1c(N=Nc2ccc(S(=O)OCCOS(=O)(=O)O)cc2)c(N)c(N=Nc2ccccc2S(=O)(=O)O)c(C(=O)O)c1N=Nc1ccc(S(=O)OCCOS(=O)(=O)O)cc1. The molecular formula is C29H28N8O17S5. The summed E-state index contributed by atoms with van der Waals surface area (Å²) >= 11 is -4.23. The zero-order chi connectivity index (χ0) is 43.5. The van der Waals surface area contributed by atoms with E-state index in [1.54, 1.807) is 0 Å².